The number of aromatic nitrogens is 1. The molecular weight excluding hydrogens is 1450 g/mol. The number of fused-ring (bicyclic) bond motifs is 7. The molecule has 0 radical (unpaired) electrons. The van der Waals surface area contributed by atoms with E-state index >= 15 is 0 Å². The van der Waals surface area contributed by atoms with Crippen LogP contribution >= 0.6 is 0 Å². The molecule has 0 spiro atoms. The van der Waals surface area contributed by atoms with Gasteiger partial charge in [0.2, 0.25) is 0 Å². The van der Waals surface area contributed by atoms with Gasteiger partial charge in [0.15, 0.2) is 0 Å². The normalized spacial score (nSPS) is 14.6. The second-order valence-electron chi connectivity index (χ2n) is 46.7. The van der Waals surface area contributed by atoms with E-state index in [1.54, 1.807) is 0 Å². The third-order valence-electron chi connectivity index (χ3n) is 25.9. The Hall–Kier alpha value is -9.90. The van der Waals surface area contributed by atoms with Crippen LogP contribution in [0.3, 0.4) is 0 Å². The highest BCUT2D eigenvalue weighted by atomic mass is 15.2. The fraction of sp³-hybridized carbons (Fsp3) is 0.379. The summed E-state index contributed by atoms with van der Waals surface area (Å²) >= 11 is 0. The van der Waals surface area contributed by atoms with Crippen molar-refractivity contribution in [2.24, 2.45) is 0 Å². The van der Waals surface area contributed by atoms with Crippen LogP contribution in [-0.4, -0.2) is 11.3 Å². The molecule has 0 saturated carbocycles. The summed E-state index contributed by atoms with van der Waals surface area (Å²) in [5, 5.41) is 2.42. The van der Waals surface area contributed by atoms with Crippen molar-refractivity contribution < 1.29 is 6.85 Å². The van der Waals surface area contributed by atoms with Crippen LogP contribution in [0.15, 0.2) is 224 Å². The predicted molar refractivity (Wildman–Crippen MR) is 528 cm³/mol. The zero-order chi connectivity index (χ0) is 91.5. The van der Waals surface area contributed by atoms with Gasteiger partial charge in [-0.2, -0.15) is 0 Å². The Morgan fingerprint density at radius 2 is 0.567 bits per heavy atom. The lowest BCUT2D eigenvalue weighted by atomic mass is 9.33. The summed E-state index contributed by atoms with van der Waals surface area (Å²) in [4.78, 5) is 5.35. The van der Waals surface area contributed by atoms with Gasteiger partial charge in [0.1, 0.15) is 0 Å². The zero-order valence-electron chi connectivity index (χ0n) is 83.9. The van der Waals surface area contributed by atoms with Crippen LogP contribution in [0.4, 0.5) is 34.1 Å². The zero-order valence-corrected chi connectivity index (χ0v) is 78.9. The maximum atomic E-state index is 9.93. The molecule has 3 nitrogen and oxygen atoms in total. The number of rotatable bonds is 8. The minimum Gasteiger partial charge on any atom is -0.310 e. The van der Waals surface area contributed by atoms with Crippen LogP contribution in [0, 0.1) is 0 Å². The average molecular weight is 1590 g/mol. The Balaban J connectivity index is 1.22. The molecule has 0 bridgehead atoms. The summed E-state index contributed by atoms with van der Waals surface area (Å²) in [6.07, 6.45) is 0. The number of hydrogen-bond donors (Lipinski definition) is 0. The van der Waals surface area contributed by atoms with E-state index < -0.39 is 18.2 Å². The van der Waals surface area contributed by atoms with Crippen LogP contribution < -0.4 is 26.2 Å². The van der Waals surface area contributed by atoms with E-state index in [-0.39, 0.29) is 83.9 Å². The van der Waals surface area contributed by atoms with Crippen LogP contribution in [0.1, 0.15) is 297 Å². The second-order valence-corrected chi connectivity index (χ2v) is 46.7. The van der Waals surface area contributed by atoms with Crippen LogP contribution in [0.25, 0.3) is 83.1 Å². The van der Waals surface area contributed by atoms with Gasteiger partial charge >= 0.3 is 0 Å². The molecule has 13 aromatic rings. The van der Waals surface area contributed by atoms with E-state index in [4.69, 9.17) is 1.37 Å². The maximum Gasteiger partial charge on any atom is 0.252 e. The van der Waals surface area contributed by atoms with E-state index in [1.807, 2.05) is 6.07 Å². The quantitative estimate of drug-likeness (QED) is 0.141. The largest absolute Gasteiger partial charge is 0.310 e. The molecule has 3 heterocycles. The maximum absolute atomic E-state index is 9.93. The second kappa shape index (κ2) is 28.9. The van der Waals surface area contributed by atoms with E-state index in [9.17, 15) is 5.48 Å². The molecule has 120 heavy (non-hydrogen) atoms. The van der Waals surface area contributed by atoms with Gasteiger partial charge in [0.05, 0.1) is 29.3 Å². The predicted octanol–water partition coefficient (Wildman–Crippen LogP) is 31.5. The van der Waals surface area contributed by atoms with E-state index in [0.29, 0.717) is 5.56 Å². The van der Waals surface area contributed by atoms with Crippen molar-refractivity contribution in [3.05, 3.63) is 286 Å². The number of hydrogen-bond acceptors (Lipinski definition) is 2. The number of anilines is 6. The van der Waals surface area contributed by atoms with Gasteiger partial charge in [-0.05, 0) is 249 Å². The summed E-state index contributed by atoms with van der Waals surface area (Å²) in [5.74, 6) is 0. The highest BCUT2D eigenvalue weighted by Crippen LogP contribution is 2.58. The van der Waals surface area contributed by atoms with Gasteiger partial charge in [0.25, 0.3) is 6.71 Å². The lowest BCUT2D eigenvalue weighted by Crippen LogP contribution is -2.61. The van der Waals surface area contributed by atoms with E-state index in [2.05, 4.69) is 431 Å². The molecule has 2 aliphatic rings. The minimum absolute atomic E-state index is 0.121. The van der Waals surface area contributed by atoms with Crippen molar-refractivity contribution in [2.75, 3.05) is 9.80 Å². The lowest BCUT2D eigenvalue weighted by Gasteiger charge is -2.47. The lowest BCUT2D eigenvalue weighted by molar-refractivity contribution is 0.569. The molecular formula is C116H136BN3. The Morgan fingerprint density at radius 1 is 0.233 bits per heavy atom. The minimum atomic E-state index is -0.491. The molecule has 12 aromatic carbocycles. The fourth-order valence-electron chi connectivity index (χ4n) is 18.1. The summed E-state index contributed by atoms with van der Waals surface area (Å²) < 4.78 is 50.2. The first-order valence-electron chi connectivity index (χ1n) is 46.7. The first kappa shape index (κ1) is 78.6. The standard InChI is InChI=1S/C116H136BN3/c1-106(2,3)76-44-39-72(40-45-76)87-64-83(113(22,23)24)66-89(75-57-81(111(16,17)18)60-82(58-75)112(19,20)21)104(87)119-99-59-74(71-37-35-34-36-38-71)43-53-95(99)117-96-54-51-86(118-97-55-49-79(109(10,11)12)62-91(97)92-63-80(110(13,14)15)50-56-98(92)118)70-100(96)120(102-69-85(115(28,29)30)68-101(119)103(102)117)105-88(73-41-46-77(47-42-73)107(4,5)6)65-84(114(25,26)27)67-93(105)90-61-78(108(7,8)9)48-52-94(90)116(31,32)33/h34-70H,1-33H3/i34D,35D,36D,37D,38D. The van der Waals surface area contributed by atoms with Crippen molar-refractivity contribution in [1.29, 1.82) is 0 Å². The first-order valence-corrected chi connectivity index (χ1v) is 44.2. The third kappa shape index (κ3) is 15.7. The Labute approximate surface area is 730 Å². The summed E-state index contributed by atoms with van der Waals surface area (Å²) in [7, 11) is 0. The molecule has 1 aromatic heterocycles. The average Bonchev–Trinajstić information content (AvgIpc) is 0.949. The van der Waals surface area contributed by atoms with Crippen molar-refractivity contribution in [3.8, 4) is 61.3 Å². The Kier molecular flexibility index (Phi) is 18.9. The van der Waals surface area contributed by atoms with Gasteiger partial charge in [-0.25, -0.2) is 0 Å². The molecule has 0 fully saturated rings. The molecule has 0 atom stereocenters. The van der Waals surface area contributed by atoms with Gasteiger partial charge in [-0.3, -0.25) is 0 Å². The molecule has 15 rings (SSSR count). The molecule has 0 unspecified atom stereocenters. The smallest absolute Gasteiger partial charge is 0.252 e. The Morgan fingerprint density at radius 3 is 0.983 bits per heavy atom. The number of benzene rings is 12. The Bertz CT molecular complexity index is 6390. The highest BCUT2D eigenvalue weighted by Gasteiger charge is 2.47. The monoisotopic (exact) mass is 1590 g/mol. The molecule has 0 saturated heterocycles. The van der Waals surface area contributed by atoms with Gasteiger partial charge in [-0.1, -0.05) is 374 Å². The number of nitrogens with zero attached hydrogens (tertiary/aromatic N) is 3. The summed E-state index contributed by atoms with van der Waals surface area (Å²) in [6.45, 7) is 76.7. The molecule has 4 heteroatoms. The first-order chi connectivity index (χ1) is 57.5. The van der Waals surface area contributed by atoms with Crippen LogP contribution in [0.5, 0.6) is 0 Å². The van der Waals surface area contributed by atoms with Crippen molar-refractivity contribution >= 4 is 79.0 Å². The SMILES string of the molecule is [2H]c1c([2H])c([2H])c(-c2ccc3c(c2)N(c2c(-c4ccc(C(C)(C)C)cc4)cc(C(C)(C)C)cc2-c2cc(C(C)(C)C)cc(C(C)(C)C)c2)c2cc(C(C)(C)C)cc4c2B3c2ccc(-n3c5ccc(C(C)(C)C)cc5c5cc(C(C)(C)C)ccc53)cc2N4c2c(-c3ccc(C(C)(C)C)cc3)cc(C(C)(C)C)cc2-c2cc(C(C)(C)C)ccc2C(C)(C)C)c([2H])c1[2H]. The third-order valence-corrected chi connectivity index (χ3v) is 25.9. The summed E-state index contributed by atoms with van der Waals surface area (Å²) in [6, 6.07) is 75.3. The molecule has 0 N–H and O–H groups in total. The highest BCUT2D eigenvalue weighted by molar-refractivity contribution is 7.00. The van der Waals surface area contributed by atoms with Gasteiger partial charge in [-0.15, -0.1) is 0 Å². The molecule has 0 amide bonds. The van der Waals surface area contributed by atoms with Crippen molar-refractivity contribution in [2.45, 2.75) is 288 Å². The molecule has 2 aliphatic heterocycles. The van der Waals surface area contributed by atoms with E-state index in [0.717, 1.165) is 112 Å². The molecule has 0 aliphatic carbocycles. The van der Waals surface area contributed by atoms with Gasteiger partial charge < -0.3 is 14.4 Å². The molecule has 618 valence electrons. The van der Waals surface area contributed by atoms with Crippen LogP contribution in [-0.2, 0) is 59.6 Å². The van der Waals surface area contributed by atoms with Crippen LogP contribution in [0.2, 0.25) is 0 Å². The fourth-order valence-corrected chi connectivity index (χ4v) is 18.1. The van der Waals surface area contributed by atoms with Crippen molar-refractivity contribution in [1.82, 2.24) is 4.57 Å². The van der Waals surface area contributed by atoms with Crippen molar-refractivity contribution in [3.63, 3.8) is 0 Å². The topological polar surface area (TPSA) is 11.4 Å². The van der Waals surface area contributed by atoms with Gasteiger partial charge in [0, 0.05) is 61.5 Å². The van der Waals surface area contributed by atoms with E-state index in [1.165, 1.54) is 72.0 Å². The summed E-state index contributed by atoms with van der Waals surface area (Å²) in [5.41, 5.74) is 32.8.